The van der Waals surface area contributed by atoms with Crippen LogP contribution < -0.4 is 10.6 Å². The van der Waals surface area contributed by atoms with Crippen molar-refractivity contribution in [1.29, 1.82) is 0 Å². The van der Waals surface area contributed by atoms with Crippen LogP contribution in [-0.2, 0) is 4.79 Å². The lowest BCUT2D eigenvalue weighted by Crippen LogP contribution is -2.30. The Balaban J connectivity index is 1.86. The molecule has 1 aliphatic heterocycles. The summed E-state index contributed by atoms with van der Waals surface area (Å²) < 4.78 is 0. The molecule has 4 heteroatoms. The van der Waals surface area contributed by atoms with E-state index in [0.29, 0.717) is 13.0 Å². The minimum atomic E-state index is 0.0544. The molecule has 2 atom stereocenters. The first-order chi connectivity index (χ1) is 8.70. The summed E-state index contributed by atoms with van der Waals surface area (Å²) in [5, 5.41) is 15.1. The predicted octanol–water partition coefficient (Wildman–Crippen LogP) is 1.33. The molecular formula is C14H20N2O2. The fraction of sp³-hybridized carbons (Fsp3) is 0.500. The summed E-state index contributed by atoms with van der Waals surface area (Å²) in [5.74, 6) is 0.423. The molecule has 18 heavy (non-hydrogen) atoms. The fourth-order valence-electron chi connectivity index (χ4n) is 2.19. The Hall–Kier alpha value is -1.55. The van der Waals surface area contributed by atoms with E-state index < -0.39 is 0 Å². The largest absolute Gasteiger partial charge is 0.396 e. The van der Waals surface area contributed by atoms with Crippen molar-refractivity contribution in [3.05, 3.63) is 29.8 Å². The van der Waals surface area contributed by atoms with Crippen LogP contribution in [0, 0.1) is 5.92 Å². The molecule has 1 amide bonds. The number of amides is 1. The minimum Gasteiger partial charge on any atom is -0.396 e. The Morgan fingerprint density at radius 2 is 2.33 bits per heavy atom. The Morgan fingerprint density at radius 1 is 1.56 bits per heavy atom. The summed E-state index contributed by atoms with van der Waals surface area (Å²) in [6.45, 7) is 3.38. The molecule has 1 heterocycles. The minimum absolute atomic E-state index is 0.0544. The number of aliphatic hydroxyl groups is 1. The number of benzene rings is 1. The summed E-state index contributed by atoms with van der Waals surface area (Å²) in [7, 11) is 0. The first-order valence-corrected chi connectivity index (χ1v) is 6.41. The number of hydrogen-bond acceptors (Lipinski definition) is 3. The first-order valence-electron chi connectivity index (χ1n) is 6.41. The van der Waals surface area contributed by atoms with Crippen molar-refractivity contribution >= 4 is 11.6 Å². The highest BCUT2D eigenvalue weighted by Crippen LogP contribution is 2.32. The third-order valence-electron chi connectivity index (χ3n) is 3.33. The topological polar surface area (TPSA) is 61.4 Å². The van der Waals surface area contributed by atoms with Gasteiger partial charge in [-0.15, -0.1) is 0 Å². The standard InChI is InChI=1S/C14H20N2O2/c1-10(9-17)7-16-14(18)6-11-8-15-13-5-3-2-4-12(11)13/h2-5,10-11,15,17H,6-9H2,1H3,(H,16,18). The number of para-hydroxylation sites is 1. The lowest BCUT2D eigenvalue weighted by atomic mass is 9.97. The molecule has 0 bridgehead atoms. The van der Waals surface area contributed by atoms with Gasteiger partial charge in [-0.3, -0.25) is 4.79 Å². The van der Waals surface area contributed by atoms with Gasteiger partial charge in [-0.05, 0) is 17.5 Å². The van der Waals surface area contributed by atoms with Crippen LogP contribution in [0.2, 0.25) is 0 Å². The van der Waals surface area contributed by atoms with Crippen molar-refractivity contribution < 1.29 is 9.90 Å². The van der Waals surface area contributed by atoms with Crippen LogP contribution in [0.15, 0.2) is 24.3 Å². The molecule has 2 unspecified atom stereocenters. The molecule has 0 saturated heterocycles. The molecule has 0 fully saturated rings. The van der Waals surface area contributed by atoms with Crippen molar-refractivity contribution in [2.75, 3.05) is 25.0 Å². The first kappa shape index (κ1) is 12.9. The molecule has 3 N–H and O–H groups in total. The van der Waals surface area contributed by atoms with Gasteiger partial charge in [0.2, 0.25) is 5.91 Å². The number of carbonyl (C=O) groups is 1. The summed E-state index contributed by atoms with van der Waals surface area (Å²) in [6, 6.07) is 8.12. The summed E-state index contributed by atoms with van der Waals surface area (Å²) in [4.78, 5) is 11.8. The van der Waals surface area contributed by atoms with E-state index in [1.807, 2.05) is 25.1 Å². The van der Waals surface area contributed by atoms with Crippen LogP contribution in [0.1, 0.15) is 24.8 Å². The number of rotatable bonds is 5. The van der Waals surface area contributed by atoms with E-state index in [1.54, 1.807) is 0 Å². The number of nitrogens with one attached hydrogen (secondary N) is 2. The van der Waals surface area contributed by atoms with Gasteiger partial charge in [0.25, 0.3) is 0 Å². The molecule has 1 aliphatic rings. The van der Waals surface area contributed by atoms with Gasteiger partial charge in [-0.25, -0.2) is 0 Å². The highest BCUT2D eigenvalue weighted by molar-refractivity contribution is 5.78. The van der Waals surface area contributed by atoms with Crippen LogP contribution in [0.4, 0.5) is 5.69 Å². The highest BCUT2D eigenvalue weighted by Gasteiger charge is 2.23. The van der Waals surface area contributed by atoms with Gasteiger partial charge >= 0.3 is 0 Å². The zero-order valence-corrected chi connectivity index (χ0v) is 10.6. The van der Waals surface area contributed by atoms with Gasteiger partial charge in [0.1, 0.15) is 0 Å². The lowest BCUT2D eigenvalue weighted by Gasteiger charge is -2.12. The Labute approximate surface area is 107 Å². The highest BCUT2D eigenvalue weighted by atomic mass is 16.3. The predicted molar refractivity (Wildman–Crippen MR) is 71.5 cm³/mol. The van der Waals surface area contributed by atoms with Crippen molar-refractivity contribution in [2.24, 2.45) is 5.92 Å². The molecule has 1 aromatic rings. The third-order valence-corrected chi connectivity index (χ3v) is 3.33. The maximum atomic E-state index is 11.8. The monoisotopic (exact) mass is 248 g/mol. The molecule has 1 aromatic carbocycles. The van der Waals surface area contributed by atoms with E-state index >= 15 is 0 Å². The van der Waals surface area contributed by atoms with Crippen LogP contribution in [0.5, 0.6) is 0 Å². The van der Waals surface area contributed by atoms with Crippen LogP contribution in [0.3, 0.4) is 0 Å². The van der Waals surface area contributed by atoms with Crippen LogP contribution in [0.25, 0.3) is 0 Å². The van der Waals surface area contributed by atoms with Crippen LogP contribution >= 0.6 is 0 Å². The average Bonchev–Trinajstić information content (AvgIpc) is 2.79. The third kappa shape index (κ3) is 3.01. The van der Waals surface area contributed by atoms with Gasteiger partial charge in [-0.2, -0.15) is 0 Å². The van der Waals surface area contributed by atoms with Gasteiger partial charge in [0.05, 0.1) is 0 Å². The molecule has 0 aromatic heterocycles. The lowest BCUT2D eigenvalue weighted by molar-refractivity contribution is -0.121. The van der Waals surface area contributed by atoms with Crippen molar-refractivity contribution in [3.8, 4) is 0 Å². The normalized spacial score (nSPS) is 18.9. The van der Waals surface area contributed by atoms with E-state index in [4.69, 9.17) is 5.11 Å². The maximum Gasteiger partial charge on any atom is 0.220 e. The number of anilines is 1. The Kier molecular flexibility index (Phi) is 4.20. The number of carbonyl (C=O) groups excluding carboxylic acids is 1. The van der Waals surface area contributed by atoms with E-state index in [2.05, 4.69) is 16.7 Å². The smallest absolute Gasteiger partial charge is 0.220 e. The Morgan fingerprint density at radius 3 is 3.11 bits per heavy atom. The van der Waals surface area contributed by atoms with E-state index in [0.717, 1.165) is 12.2 Å². The summed E-state index contributed by atoms with van der Waals surface area (Å²) >= 11 is 0. The zero-order valence-electron chi connectivity index (χ0n) is 10.6. The van der Waals surface area contributed by atoms with Crippen molar-refractivity contribution in [2.45, 2.75) is 19.3 Å². The second-order valence-electron chi connectivity index (χ2n) is 4.96. The summed E-state index contributed by atoms with van der Waals surface area (Å²) in [6.07, 6.45) is 0.502. The van der Waals surface area contributed by atoms with Crippen LogP contribution in [-0.4, -0.2) is 30.7 Å². The molecular weight excluding hydrogens is 228 g/mol. The van der Waals surface area contributed by atoms with Gasteiger partial charge in [0.15, 0.2) is 0 Å². The van der Waals surface area contributed by atoms with E-state index in [1.165, 1.54) is 5.56 Å². The van der Waals surface area contributed by atoms with Crippen molar-refractivity contribution in [1.82, 2.24) is 5.32 Å². The zero-order chi connectivity index (χ0) is 13.0. The molecule has 4 nitrogen and oxygen atoms in total. The van der Waals surface area contributed by atoms with E-state index in [-0.39, 0.29) is 24.3 Å². The van der Waals surface area contributed by atoms with E-state index in [9.17, 15) is 4.79 Å². The van der Waals surface area contributed by atoms with Gasteiger partial charge in [-0.1, -0.05) is 25.1 Å². The maximum absolute atomic E-state index is 11.8. The second kappa shape index (κ2) is 5.87. The Bertz CT molecular complexity index is 420. The van der Waals surface area contributed by atoms with Gasteiger partial charge in [0, 0.05) is 37.7 Å². The number of aliphatic hydroxyl groups excluding tert-OH is 1. The fourth-order valence-corrected chi connectivity index (χ4v) is 2.19. The molecule has 0 spiro atoms. The average molecular weight is 248 g/mol. The SMILES string of the molecule is CC(CO)CNC(=O)CC1CNc2ccccc21. The molecule has 98 valence electrons. The second-order valence-corrected chi connectivity index (χ2v) is 4.96. The van der Waals surface area contributed by atoms with Gasteiger partial charge < -0.3 is 15.7 Å². The number of hydrogen-bond donors (Lipinski definition) is 3. The molecule has 0 radical (unpaired) electrons. The molecule has 2 rings (SSSR count). The quantitative estimate of drug-likeness (QED) is 0.736. The number of fused-ring (bicyclic) bond motifs is 1. The van der Waals surface area contributed by atoms with Crippen molar-refractivity contribution in [3.63, 3.8) is 0 Å². The molecule has 0 saturated carbocycles. The molecule has 0 aliphatic carbocycles. The summed E-state index contributed by atoms with van der Waals surface area (Å²) in [5.41, 5.74) is 2.36.